The molecule has 0 aromatic rings. The van der Waals surface area contributed by atoms with Gasteiger partial charge in [-0.15, -0.1) is 6.58 Å². The maximum atomic E-state index is 11.5. The molecule has 0 amide bonds. The van der Waals surface area contributed by atoms with E-state index in [1.165, 1.54) is 6.42 Å². The minimum Gasteiger partial charge on any atom is -0.319 e. The topological polar surface area (TPSA) is 43.1 Å². The molecule has 68 valence electrons. The molecule has 0 heterocycles. The largest absolute Gasteiger partial charge is 0.319 e. The van der Waals surface area contributed by atoms with E-state index in [1.54, 1.807) is 6.08 Å². The Hall–Kier alpha value is -0.630. The Bertz CT molecular complexity index is 180. The number of Topliss-reactive ketones (excluding diaryl/α,β-unsaturated/α-hetero) is 1. The lowest BCUT2D eigenvalue weighted by Gasteiger charge is -2.31. The van der Waals surface area contributed by atoms with Crippen molar-refractivity contribution >= 4 is 5.78 Å². The summed E-state index contributed by atoms with van der Waals surface area (Å²) in [5.41, 5.74) is 5.47. The van der Waals surface area contributed by atoms with Crippen molar-refractivity contribution < 1.29 is 4.79 Å². The Morgan fingerprint density at radius 1 is 1.42 bits per heavy atom. The zero-order chi connectivity index (χ0) is 9.03. The molecule has 0 atom stereocenters. The average molecular weight is 167 g/mol. The van der Waals surface area contributed by atoms with Crippen LogP contribution in [0, 0.1) is 0 Å². The van der Waals surface area contributed by atoms with Gasteiger partial charge in [-0.3, -0.25) is 4.79 Å². The van der Waals surface area contributed by atoms with Gasteiger partial charge in [-0.05, 0) is 12.8 Å². The van der Waals surface area contributed by atoms with Gasteiger partial charge in [0.1, 0.15) is 0 Å². The summed E-state index contributed by atoms with van der Waals surface area (Å²) in [5, 5.41) is 0. The predicted octanol–water partition coefficient (Wildman–Crippen LogP) is 1.79. The van der Waals surface area contributed by atoms with Gasteiger partial charge in [0, 0.05) is 6.42 Å². The fourth-order valence-corrected chi connectivity index (χ4v) is 1.80. The van der Waals surface area contributed by atoms with Crippen LogP contribution in [0.5, 0.6) is 0 Å². The van der Waals surface area contributed by atoms with Crippen molar-refractivity contribution in [1.82, 2.24) is 0 Å². The van der Waals surface area contributed by atoms with Crippen LogP contribution in [-0.2, 0) is 4.79 Å². The molecule has 2 nitrogen and oxygen atoms in total. The molecule has 0 aliphatic heterocycles. The summed E-state index contributed by atoms with van der Waals surface area (Å²) < 4.78 is 0. The molecule has 12 heavy (non-hydrogen) atoms. The van der Waals surface area contributed by atoms with Gasteiger partial charge in [0.25, 0.3) is 0 Å². The molecule has 0 saturated heterocycles. The summed E-state index contributed by atoms with van der Waals surface area (Å²) in [4.78, 5) is 11.5. The number of carbonyl (C=O) groups excluding carboxylic acids is 1. The van der Waals surface area contributed by atoms with Gasteiger partial charge >= 0.3 is 0 Å². The highest BCUT2D eigenvalue weighted by Gasteiger charge is 2.33. The van der Waals surface area contributed by atoms with Crippen LogP contribution in [0.3, 0.4) is 0 Å². The second-order valence-corrected chi connectivity index (χ2v) is 3.63. The number of hydrogen-bond donors (Lipinski definition) is 1. The molecule has 1 aliphatic carbocycles. The minimum atomic E-state index is -0.521. The number of rotatable bonds is 3. The van der Waals surface area contributed by atoms with Crippen molar-refractivity contribution in [3.8, 4) is 0 Å². The van der Waals surface area contributed by atoms with Crippen LogP contribution in [0.15, 0.2) is 12.7 Å². The first-order chi connectivity index (χ1) is 5.69. The van der Waals surface area contributed by atoms with E-state index in [4.69, 9.17) is 5.73 Å². The van der Waals surface area contributed by atoms with Gasteiger partial charge in [0.15, 0.2) is 5.78 Å². The molecule has 0 radical (unpaired) electrons. The van der Waals surface area contributed by atoms with Crippen LogP contribution < -0.4 is 5.73 Å². The first-order valence-corrected chi connectivity index (χ1v) is 4.62. The molecular weight excluding hydrogens is 150 g/mol. The first kappa shape index (κ1) is 9.46. The number of ketones is 1. The monoisotopic (exact) mass is 167 g/mol. The molecule has 0 aromatic carbocycles. The van der Waals surface area contributed by atoms with Crippen molar-refractivity contribution in [2.75, 3.05) is 0 Å². The predicted molar refractivity (Wildman–Crippen MR) is 49.8 cm³/mol. The third-order valence-corrected chi connectivity index (χ3v) is 2.63. The number of allylic oxidation sites excluding steroid dienone is 1. The second-order valence-electron chi connectivity index (χ2n) is 3.63. The summed E-state index contributed by atoms with van der Waals surface area (Å²) in [6, 6.07) is 0. The molecule has 0 aromatic heterocycles. The number of nitrogens with two attached hydrogens (primary N) is 1. The molecule has 0 spiro atoms. The third-order valence-electron chi connectivity index (χ3n) is 2.63. The lowest BCUT2D eigenvalue weighted by atomic mass is 9.78. The van der Waals surface area contributed by atoms with Crippen LogP contribution in [0.4, 0.5) is 0 Å². The summed E-state index contributed by atoms with van der Waals surface area (Å²) in [5.74, 6) is 0.164. The standard InChI is InChI=1S/C10H17NO/c1-2-6-9(12)10(11)7-4-3-5-8-10/h2H,1,3-8,11H2. The van der Waals surface area contributed by atoms with Gasteiger partial charge in [0.2, 0.25) is 0 Å². The van der Waals surface area contributed by atoms with Crippen LogP contribution in [0.25, 0.3) is 0 Å². The molecule has 2 N–H and O–H groups in total. The lowest BCUT2D eigenvalue weighted by molar-refractivity contribution is -0.124. The highest BCUT2D eigenvalue weighted by atomic mass is 16.1. The third kappa shape index (κ3) is 1.95. The van der Waals surface area contributed by atoms with Crippen molar-refractivity contribution in [2.45, 2.75) is 44.1 Å². The van der Waals surface area contributed by atoms with Crippen LogP contribution in [-0.4, -0.2) is 11.3 Å². The van der Waals surface area contributed by atoms with E-state index in [-0.39, 0.29) is 5.78 Å². The van der Waals surface area contributed by atoms with E-state index >= 15 is 0 Å². The van der Waals surface area contributed by atoms with E-state index in [9.17, 15) is 4.79 Å². The Morgan fingerprint density at radius 2 is 2.00 bits per heavy atom. The summed E-state index contributed by atoms with van der Waals surface area (Å²) >= 11 is 0. The SMILES string of the molecule is C=CCC(=O)C1(N)CCCCC1. The fourth-order valence-electron chi connectivity index (χ4n) is 1.80. The van der Waals surface area contributed by atoms with Gasteiger partial charge in [-0.2, -0.15) is 0 Å². The van der Waals surface area contributed by atoms with E-state index in [0.717, 1.165) is 25.7 Å². The maximum Gasteiger partial charge on any atom is 0.156 e. The molecule has 0 bridgehead atoms. The van der Waals surface area contributed by atoms with Crippen LogP contribution >= 0.6 is 0 Å². The van der Waals surface area contributed by atoms with E-state index in [1.807, 2.05) is 0 Å². The van der Waals surface area contributed by atoms with Gasteiger partial charge in [-0.25, -0.2) is 0 Å². The Labute approximate surface area is 73.8 Å². The number of carbonyl (C=O) groups is 1. The van der Waals surface area contributed by atoms with Crippen molar-refractivity contribution in [2.24, 2.45) is 5.73 Å². The zero-order valence-electron chi connectivity index (χ0n) is 7.51. The second kappa shape index (κ2) is 3.85. The Kier molecular flexibility index (Phi) is 3.04. The highest BCUT2D eigenvalue weighted by molar-refractivity contribution is 5.89. The first-order valence-electron chi connectivity index (χ1n) is 4.62. The molecule has 1 rings (SSSR count). The normalized spacial score (nSPS) is 21.8. The zero-order valence-corrected chi connectivity index (χ0v) is 7.51. The van der Waals surface area contributed by atoms with Crippen LogP contribution in [0.2, 0.25) is 0 Å². The summed E-state index contributed by atoms with van der Waals surface area (Å²) in [7, 11) is 0. The van der Waals surface area contributed by atoms with Gasteiger partial charge < -0.3 is 5.73 Å². The minimum absolute atomic E-state index is 0.164. The Balaban J connectivity index is 2.55. The molecule has 0 unspecified atom stereocenters. The van der Waals surface area contributed by atoms with Crippen molar-refractivity contribution in [3.63, 3.8) is 0 Å². The van der Waals surface area contributed by atoms with E-state index < -0.39 is 5.54 Å². The smallest absolute Gasteiger partial charge is 0.156 e. The quantitative estimate of drug-likeness (QED) is 0.651. The van der Waals surface area contributed by atoms with E-state index in [2.05, 4.69) is 6.58 Å². The molecule has 1 saturated carbocycles. The van der Waals surface area contributed by atoms with E-state index in [0.29, 0.717) is 6.42 Å². The van der Waals surface area contributed by atoms with Crippen LogP contribution in [0.1, 0.15) is 38.5 Å². The molecular formula is C10H17NO. The van der Waals surface area contributed by atoms with Crippen molar-refractivity contribution in [1.29, 1.82) is 0 Å². The van der Waals surface area contributed by atoms with Gasteiger partial charge in [-0.1, -0.05) is 25.3 Å². The molecule has 2 heteroatoms. The molecule has 1 fully saturated rings. The highest BCUT2D eigenvalue weighted by Crippen LogP contribution is 2.27. The lowest BCUT2D eigenvalue weighted by Crippen LogP contribution is -2.49. The molecule has 1 aliphatic rings. The van der Waals surface area contributed by atoms with Gasteiger partial charge in [0.05, 0.1) is 5.54 Å². The van der Waals surface area contributed by atoms with Crippen molar-refractivity contribution in [3.05, 3.63) is 12.7 Å². The summed E-state index contributed by atoms with van der Waals surface area (Å²) in [6.07, 6.45) is 7.21. The summed E-state index contributed by atoms with van der Waals surface area (Å²) in [6.45, 7) is 3.55. The Morgan fingerprint density at radius 3 is 2.50 bits per heavy atom. The number of hydrogen-bond acceptors (Lipinski definition) is 2. The fraction of sp³-hybridized carbons (Fsp3) is 0.700. The average Bonchev–Trinajstić information content (AvgIpc) is 2.06. The maximum absolute atomic E-state index is 11.5.